The van der Waals surface area contributed by atoms with Gasteiger partial charge in [-0.2, -0.15) is 0 Å². The number of carboxylic acid groups (broad SMARTS) is 1. The van der Waals surface area contributed by atoms with E-state index in [1.54, 1.807) is 25.1 Å². The minimum atomic E-state index is -1.09. The summed E-state index contributed by atoms with van der Waals surface area (Å²) in [4.78, 5) is 24.1. The van der Waals surface area contributed by atoms with Gasteiger partial charge in [-0.1, -0.05) is 36.9 Å². The first-order valence-corrected chi connectivity index (χ1v) is 10.8. The lowest BCUT2D eigenvalue weighted by Crippen LogP contribution is -2.14. The van der Waals surface area contributed by atoms with Crippen molar-refractivity contribution in [2.75, 3.05) is 0 Å². The molecule has 0 saturated heterocycles. The first kappa shape index (κ1) is 21.8. The summed E-state index contributed by atoms with van der Waals surface area (Å²) in [5, 5.41) is 31.5. The van der Waals surface area contributed by atoms with Gasteiger partial charge in [-0.3, -0.25) is 9.89 Å². The monoisotopic (exact) mass is 454 g/mol. The van der Waals surface area contributed by atoms with E-state index < -0.39 is 11.5 Å². The third-order valence-corrected chi connectivity index (χ3v) is 6.00. The van der Waals surface area contributed by atoms with E-state index in [9.17, 15) is 19.8 Å². The van der Waals surface area contributed by atoms with Crippen LogP contribution in [0.15, 0.2) is 51.4 Å². The zero-order chi connectivity index (χ0) is 22.8. The Morgan fingerprint density at radius 3 is 2.62 bits per heavy atom. The van der Waals surface area contributed by atoms with Gasteiger partial charge in [-0.05, 0) is 56.0 Å². The maximum Gasteiger partial charge on any atom is 0.335 e. The number of halogens is 1. The number of H-pyrrole nitrogens is 1. The van der Waals surface area contributed by atoms with Crippen LogP contribution in [0.2, 0.25) is 5.02 Å². The molecule has 3 N–H and O–H groups in total. The molecule has 166 valence electrons. The Hall–Kier alpha value is -3.39. The van der Waals surface area contributed by atoms with Crippen LogP contribution in [0.3, 0.4) is 0 Å². The van der Waals surface area contributed by atoms with Gasteiger partial charge in [-0.25, -0.2) is 9.48 Å². The Labute approximate surface area is 189 Å². The molecule has 0 amide bonds. The molecule has 1 heterocycles. The quantitative estimate of drug-likeness (QED) is 0.409. The summed E-state index contributed by atoms with van der Waals surface area (Å²) in [5.41, 5.74) is 1.42. The van der Waals surface area contributed by atoms with Gasteiger partial charge in [0, 0.05) is 10.6 Å². The van der Waals surface area contributed by atoms with Crippen LogP contribution in [-0.4, -0.2) is 26.0 Å². The van der Waals surface area contributed by atoms with E-state index in [1.165, 1.54) is 29.3 Å². The number of aromatic carboxylic acids is 1. The van der Waals surface area contributed by atoms with Crippen molar-refractivity contribution >= 4 is 28.9 Å². The van der Waals surface area contributed by atoms with Crippen LogP contribution >= 0.6 is 11.6 Å². The van der Waals surface area contributed by atoms with E-state index in [2.05, 4.69) is 15.3 Å². The van der Waals surface area contributed by atoms with Crippen molar-refractivity contribution in [1.82, 2.24) is 9.78 Å². The highest BCUT2D eigenvalue weighted by Gasteiger charge is 2.21. The number of aromatic hydroxyl groups is 1. The number of hydrogen-bond acceptors (Lipinski definition) is 5. The van der Waals surface area contributed by atoms with Gasteiger partial charge in [-0.15, -0.1) is 10.2 Å². The van der Waals surface area contributed by atoms with E-state index in [1.807, 2.05) is 0 Å². The molecule has 32 heavy (non-hydrogen) atoms. The molecule has 2 aromatic carbocycles. The van der Waals surface area contributed by atoms with Crippen molar-refractivity contribution < 1.29 is 15.0 Å². The van der Waals surface area contributed by atoms with Gasteiger partial charge in [0.25, 0.3) is 5.56 Å². The van der Waals surface area contributed by atoms with Gasteiger partial charge in [0.15, 0.2) is 5.69 Å². The van der Waals surface area contributed by atoms with Crippen molar-refractivity contribution in [1.29, 1.82) is 0 Å². The molecule has 4 rings (SSSR count). The summed E-state index contributed by atoms with van der Waals surface area (Å²) in [6, 6.07) is 9.29. The third-order valence-electron chi connectivity index (χ3n) is 5.78. The number of azo groups is 1. The molecular weight excluding hydrogens is 432 g/mol. The summed E-state index contributed by atoms with van der Waals surface area (Å²) < 4.78 is 1.21. The summed E-state index contributed by atoms with van der Waals surface area (Å²) in [6.07, 6.45) is 5.39. The molecule has 0 bridgehead atoms. The number of benzene rings is 2. The van der Waals surface area contributed by atoms with Crippen molar-refractivity contribution in [3.05, 3.63) is 68.6 Å². The second kappa shape index (κ2) is 9.00. The molecule has 3 aromatic rings. The average Bonchev–Trinajstić information content (AvgIpc) is 3.08. The van der Waals surface area contributed by atoms with Gasteiger partial charge >= 0.3 is 5.97 Å². The predicted octanol–water partition coefficient (Wildman–Crippen LogP) is 5.99. The van der Waals surface area contributed by atoms with Crippen molar-refractivity contribution in [3.8, 4) is 11.4 Å². The Morgan fingerprint density at radius 1 is 1.16 bits per heavy atom. The molecule has 0 radical (unpaired) electrons. The standard InChI is InChI=1S/C23H23ClN4O4/c1-13-20(22(30)28(27-13)17-9-5-8-15(10-17)23(31)32)26-25-19-12-16(24)11-18(21(19)29)14-6-3-2-4-7-14/h5,8-12,14,27,29H,2-4,6-7H2,1H3,(H,31,32). The van der Waals surface area contributed by atoms with Crippen LogP contribution in [0.5, 0.6) is 5.75 Å². The normalized spacial score (nSPS) is 14.8. The number of hydrogen-bond donors (Lipinski definition) is 3. The predicted molar refractivity (Wildman–Crippen MR) is 121 cm³/mol. The van der Waals surface area contributed by atoms with Crippen molar-refractivity contribution in [3.63, 3.8) is 0 Å². The van der Waals surface area contributed by atoms with Crippen LogP contribution in [0.1, 0.15) is 59.6 Å². The molecule has 1 aromatic heterocycles. The zero-order valence-electron chi connectivity index (χ0n) is 17.5. The van der Waals surface area contributed by atoms with Crippen molar-refractivity contribution in [2.24, 2.45) is 10.2 Å². The molecule has 1 aliphatic carbocycles. The molecular formula is C23H23ClN4O4. The largest absolute Gasteiger partial charge is 0.505 e. The summed E-state index contributed by atoms with van der Waals surface area (Å²) in [7, 11) is 0. The number of nitrogens with zero attached hydrogens (tertiary/aromatic N) is 3. The van der Waals surface area contributed by atoms with Crippen LogP contribution in [0, 0.1) is 6.92 Å². The second-order valence-corrected chi connectivity index (χ2v) is 8.42. The number of carbonyl (C=O) groups is 1. The van der Waals surface area contributed by atoms with Gasteiger partial charge < -0.3 is 10.2 Å². The maximum absolute atomic E-state index is 12.9. The molecule has 1 fully saturated rings. The summed E-state index contributed by atoms with van der Waals surface area (Å²) in [5.74, 6) is -0.829. The number of rotatable bonds is 5. The second-order valence-electron chi connectivity index (χ2n) is 7.98. The van der Waals surface area contributed by atoms with E-state index in [4.69, 9.17) is 11.6 Å². The highest BCUT2D eigenvalue weighted by molar-refractivity contribution is 6.31. The fraction of sp³-hybridized carbons (Fsp3) is 0.304. The fourth-order valence-corrected chi connectivity index (χ4v) is 4.35. The third kappa shape index (κ3) is 4.31. The van der Waals surface area contributed by atoms with E-state index >= 15 is 0 Å². The minimum absolute atomic E-state index is 0.0349. The van der Waals surface area contributed by atoms with Crippen LogP contribution in [0.25, 0.3) is 5.69 Å². The Bertz CT molecular complexity index is 1260. The van der Waals surface area contributed by atoms with Gasteiger partial charge in [0.2, 0.25) is 0 Å². The molecule has 1 aliphatic rings. The number of carboxylic acids is 1. The summed E-state index contributed by atoms with van der Waals surface area (Å²) >= 11 is 6.28. The van der Waals surface area contributed by atoms with E-state index in [-0.39, 0.29) is 28.6 Å². The smallest absolute Gasteiger partial charge is 0.335 e. The molecule has 0 spiro atoms. The molecule has 0 atom stereocenters. The van der Waals surface area contributed by atoms with Crippen LogP contribution < -0.4 is 5.56 Å². The number of phenolic OH excluding ortho intramolecular Hbond substituents is 1. The van der Waals surface area contributed by atoms with E-state index in [0.717, 1.165) is 31.2 Å². The molecule has 9 heteroatoms. The first-order chi connectivity index (χ1) is 15.3. The lowest BCUT2D eigenvalue weighted by molar-refractivity contribution is 0.0697. The molecule has 1 saturated carbocycles. The lowest BCUT2D eigenvalue weighted by atomic mass is 9.83. The molecule has 0 aliphatic heterocycles. The lowest BCUT2D eigenvalue weighted by Gasteiger charge is -2.23. The number of aromatic amines is 1. The number of nitrogens with one attached hydrogen (secondary N) is 1. The van der Waals surface area contributed by atoms with Crippen LogP contribution in [0.4, 0.5) is 11.4 Å². The Kier molecular flexibility index (Phi) is 6.14. The summed E-state index contributed by atoms with van der Waals surface area (Å²) in [6.45, 7) is 1.67. The van der Waals surface area contributed by atoms with Gasteiger partial charge in [0.1, 0.15) is 11.4 Å². The number of aryl methyl sites for hydroxylation is 1. The minimum Gasteiger partial charge on any atom is -0.505 e. The highest BCUT2D eigenvalue weighted by atomic mass is 35.5. The SMILES string of the molecule is Cc1[nH]n(-c2cccc(C(=O)O)c2)c(=O)c1N=Nc1cc(Cl)cc(C2CCCCC2)c1O. The average molecular weight is 455 g/mol. The van der Waals surface area contributed by atoms with E-state index in [0.29, 0.717) is 16.4 Å². The topological polar surface area (TPSA) is 120 Å². The Balaban J connectivity index is 1.69. The fourth-order valence-electron chi connectivity index (χ4n) is 4.13. The zero-order valence-corrected chi connectivity index (χ0v) is 18.3. The highest BCUT2D eigenvalue weighted by Crippen LogP contribution is 2.43. The first-order valence-electron chi connectivity index (χ1n) is 10.4. The Morgan fingerprint density at radius 2 is 1.91 bits per heavy atom. The van der Waals surface area contributed by atoms with Crippen molar-refractivity contribution in [2.45, 2.75) is 44.9 Å². The maximum atomic E-state index is 12.9. The number of aromatic nitrogens is 2. The van der Waals surface area contributed by atoms with Crippen LogP contribution in [-0.2, 0) is 0 Å². The molecule has 8 nitrogen and oxygen atoms in total. The van der Waals surface area contributed by atoms with Gasteiger partial charge in [0.05, 0.1) is 16.9 Å². The molecule has 0 unspecified atom stereocenters. The number of phenols is 1.